The molecular weight excluding hydrogens is 486 g/mol. The Morgan fingerprint density at radius 1 is 1.05 bits per heavy atom. The fourth-order valence-corrected chi connectivity index (χ4v) is 5.92. The number of hydrogen-bond acceptors (Lipinski definition) is 5. The summed E-state index contributed by atoms with van der Waals surface area (Å²) in [5.41, 5.74) is 4.29. The molecule has 1 aliphatic rings. The highest BCUT2D eigenvalue weighted by molar-refractivity contribution is 7.92. The zero-order valence-corrected chi connectivity index (χ0v) is 21.2. The van der Waals surface area contributed by atoms with E-state index in [0.717, 1.165) is 31.5 Å². The molecule has 4 aromatic rings. The van der Waals surface area contributed by atoms with Crippen molar-refractivity contribution >= 4 is 38.2 Å². The number of fused-ring (bicyclic) bond motifs is 1. The Hall–Kier alpha value is -4.13. The van der Waals surface area contributed by atoms with Crippen LogP contribution in [0, 0.1) is 18.3 Å². The molecular formula is C28H27N5O3S. The molecule has 188 valence electrons. The molecule has 3 aromatic carbocycles. The minimum atomic E-state index is -4.00. The minimum Gasteiger partial charge on any atom is -0.358 e. The molecule has 1 amide bonds. The first-order valence-electron chi connectivity index (χ1n) is 12.1. The highest BCUT2D eigenvalue weighted by atomic mass is 32.2. The van der Waals surface area contributed by atoms with Gasteiger partial charge in [-0.25, -0.2) is 8.42 Å². The number of benzene rings is 3. The number of H-pyrrole nitrogens is 1. The second-order valence-corrected chi connectivity index (χ2v) is 10.9. The van der Waals surface area contributed by atoms with Gasteiger partial charge in [-0.05, 0) is 86.3 Å². The van der Waals surface area contributed by atoms with E-state index in [0.29, 0.717) is 33.8 Å². The van der Waals surface area contributed by atoms with Crippen LogP contribution in [0.5, 0.6) is 0 Å². The number of nitrogens with one attached hydrogen (secondary N) is 4. The number of amides is 1. The number of piperidine rings is 1. The summed E-state index contributed by atoms with van der Waals surface area (Å²) in [4.78, 5) is 15.9. The van der Waals surface area contributed by atoms with E-state index in [-0.39, 0.29) is 10.5 Å². The summed E-state index contributed by atoms with van der Waals surface area (Å²) in [6, 6.07) is 19.3. The number of nitrogens with zero attached hydrogens (tertiary/aromatic N) is 1. The van der Waals surface area contributed by atoms with Gasteiger partial charge < -0.3 is 15.6 Å². The van der Waals surface area contributed by atoms with E-state index in [1.807, 2.05) is 31.2 Å². The number of aromatic amines is 1. The third-order valence-electron chi connectivity index (χ3n) is 6.79. The van der Waals surface area contributed by atoms with E-state index >= 15 is 0 Å². The quantitative estimate of drug-likeness (QED) is 0.293. The molecule has 2 heterocycles. The zero-order valence-electron chi connectivity index (χ0n) is 20.3. The van der Waals surface area contributed by atoms with Crippen LogP contribution < -0.4 is 15.4 Å². The van der Waals surface area contributed by atoms with E-state index in [1.54, 1.807) is 24.4 Å². The lowest BCUT2D eigenvalue weighted by Gasteiger charge is -2.23. The van der Waals surface area contributed by atoms with Crippen LogP contribution in [0.3, 0.4) is 0 Å². The van der Waals surface area contributed by atoms with Crippen molar-refractivity contribution in [3.05, 3.63) is 89.1 Å². The van der Waals surface area contributed by atoms with Crippen LogP contribution in [-0.2, 0) is 10.0 Å². The molecule has 0 saturated carbocycles. The van der Waals surface area contributed by atoms with Crippen molar-refractivity contribution in [2.24, 2.45) is 0 Å². The number of sulfonamides is 1. The Labute approximate surface area is 215 Å². The van der Waals surface area contributed by atoms with Gasteiger partial charge >= 0.3 is 0 Å². The van der Waals surface area contributed by atoms with E-state index in [1.165, 1.54) is 23.8 Å². The van der Waals surface area contributed by atoms with Gasteiger partial charge in [-0.1, -0.05) is 24.3 Å². The summed E-state index contributed by atoms with van der Waals surface area (Å²) in [5, 5.41) is 16.3. The third-order valence-corrected chi connectivity index (χ3v) is 8.16. The van der Waals surface area contributed by atoms with Gasteiger partial charge in [0.05, 0.1) is 21.7 Å². The smallest absolute Gasteiger partial charge is 0.261 e. The number of carbonyl (C=O) groups excluding carboxylic acids is 1. The molecule has 0 spiro atoms. The molecule has 1 aromatic heterocycles. The maximum Gasteiger partial charge on any atom is 0.261 e. The number of rotatable bonds is 6. The van der Waals surface area contributed by atoms with Crippen LogP contribution in [0.15, 0.2) is 71.8 Å². The number of anilines is 2. The van der Waals surface area contributed by atoms with Gasteiger partial charge in [-0.3, -0.25) is 9.52 Å². The topological polar surface area (TPSA) is 127 Å². The third kappa shape index (κ3) is 5.07. The maximum absolute atomic E-state index is 13.2. The minimum absolute atomic E-state index is 0.0396. The summed E-state index contributed by atoms with van der Waals surface area (Å²) < 4.78 is 29.0. The average molecular weight is 514 g/mol. The lowest BCUT2D eigenvalue weighted by atomic mass is 9.90. The average Bonchev–Trinajstić information content (AvgIpc) is 3.37. The first-order chi connectivity index (χ1) is 17.9. The normalized spacial score (nSPS) is 14.3. The van der Waals surface area contributed by atoms with Crippen molar-refractivity contribution in [1.29, 1.82) is 5.26 Å². The van der Waals surface area contributed by atoms with Crippen molar-refractivity contribution < 1.29 is 13.2 Å². The first-order valence-corrected chi connectivity index (χ1v) is 13.6. The van der Waals surface area contributed by atoms with Crippen LogP contribution in [-0.4, -0.2) is 32.4 Å². The highest BCUT2D eigenvalue weighted by Crippen LogP contribution is 2.30. The molecule has 0 atom stereocenters. The predicted molar refractivity (Wildman–Crippen MR) is 144 cm³/mol. The largest absolute Gasteiger partial charge is 0.358 e. The molecule has 5 rings (SSSR count). The van der Waals surface area contributed by atoms with Crippen LogP contribution in [0.4, 0.5) is 11.4 Å². The van der Waals surface area contributed by atoms with E-state index in [4.69, 9.17) is 0 Å². The van der Waals surface area contributed by atoms with Crippen molar-refractivity contribution in [1.82, 2.24) is 10.3 Å². The molecule has 8 nitrogen and oxygen atoms in total. The molecule has 0 aliphatic carbocycles. The Morgan fingerprint density at radius 2 is 1.81 bits per heavy atom. The molecule has 9 heteroatoms. The lowest BCUT2D eigenvalue weighted by molar-refractivity contribution is 0.102. The van der Waals surface area contributed by atoms with E-state index in [2.05, 4.69) is 26.4 Å². The zero-order chi connectivity index (χ0) is 26.0. The Bertz CT molecular complexity index is 1610. The Balaban J connectivity index is 1.33. The molecule has 1 fully saturated rings. The fourth-order valence-electron chi connectivity index (χ4n) is 4.80. The monoisotopic (exact) mass is 513 g/mol. The van der Waals surface area contributed by atoms with E-state index in [9.17, 15) is 18.5 Å². The fraction of sp³-hybridized carbons (Fsp3) is 0.214. The van der Waals surface area contributed by atoms with Crippen LogP contribution in [0.25, 0.3) is 10.9 Å². The summed E-state index contributed by atoms with van der Waals surface area (Å²) in [6.07, 6.45) is 3.75. The molecule has 0 bridgehead atoms. The predicted octanol–water partition coefficient (Wildman–Crippen LogP) is 4.87. The van der Waals surface area contributed by atoms with Gasteiger partial charge in [0.15, 0.2) is 0 Å². The number of aryl methyl sites for hydroxylation is 1. The van der Waals surface area contributed by atoms with Gasteiger partial charge in [-0.15, -0.1) is 0 Å². The number of nitriles is 1. The van der Waals surface area contributed by atoms with Gasteiger partial charge in [0.25, 0.3) is 15.9 Å². The van der Waals surface area contributed by atoms with Gasteiger partial charge in [0.1, 0.15) is 6.07 Å². The van der Waals surface area contributed by atoms with E-state index < -0.39 is 15.9 Å². The second-order valence-electron chi connectivity index (χ2n) is 9.23. The molecule has 0 unspecified atom stereocenters. The summed E-state index contributed by atoms with van der Waals surface area (Å²) in [6.45, 7) is 3.88. The number of carbonyl (C=O) groups is 1. The standard InChI is InChI=1S/C28H27N5O3S/c1-18-5-10-25(27-26(18)22(16-29)17-31-27)33-37(35,36)24-4-2-3-21(15-24)28(34)32-23-8-6-19(7-9-23)20-11-13-30-14-12-20/h2-10,15,17,20,30-31,33H,11-14H2,1H3,(H,32,34). The summed E-state index contributed by atoms with van der Waals surface area (Å²) >= 11 is 0. The Kier molecular flexibility index (Phi) is 6.70. The lowest BCUT2D eigenvalue weighted by Crippen LogP contribution is -2.26. The molecule has 4 N–H and O–H groups in total. The molecule has 1 aliphatic heterocycles. The molecule has 37 heavy (non-hydrogen) atoms. The Morgan fingerprint density at radius 3 is 2.54 bits per heavy atom. The van der Waals surface area contributed by atoms with Gasteiger partial charge in [0, 0.05) is 22.8 Å². The molecule has 0 radical (unpaired) electrons. The molecule has 1 saturated heterocycles. The van der Waals surface area contributed by atoms with Crippen molar-refractivity contribution in [3.63, 3.8) is 0 Å². The highest BCUT2D eigenvalue weighted by Gasteiger charge is 2.20. The summed E-state index contributed by atoms with van der Waals surface area (Å²) in [7, 11) is -4.00. The van der Waals surface area contributed by atoms with Crippen molar-refractivity contribution in [2.75, 3.05) is 23.1 Å². The first kappa shape index (κ1) is 24.6. The van der Waals surface area contributed by atoms with Gasteiger partial charge in [0.2, 0.25) is 0 Å². The van der Waals surface area contributed by atoms with Crippen molar-refractivity contribution in [3.8, 4) is 6.07 Å². The van der Waals surface area contributed by atoms with Crippen molar-refractivity contribution in [2.45, 2.75) is 30.6 Å². The van der Waals surface area contributed by atoms with Crippen LogP contribution in [0.1, 0.15) is 45.8 Å². The second kappa shape index (κ2) is 10.1. The number of aromatic nitrogens is 1. The SMILES string of the molecule is Cc1ccc(NS(=O)(=O)c2cccc(C(=O)Nc3ccc(C4CCNCC4)cc3)c2)c2[nH]cc(C#N)c12. The van der Waals surface area contributed by atoms with Crippen LogP contribution >= 0.6 is 0 Å². The summed E-state index contributed by atoms with van der Waals surface area (Å²) in [5.74, 6) is 0.125. The maximum atomic E-state index is 13.2. The number of hydrogen-bond donors (Lipinski definition) is 4. The van der Waals surface area contributed by atoms with Crippen LogP contribution in [0.2, 0.25) is 0 Å². The van der Waals surface area contributed by atoms with Gasteiger partial charge in [-0.2, -0.15) is 5.26 Å².